The fraction of sp³-hybridized carbons (Fsp3) is 1.00. The van der Waals surface area contributed by atoms with Crippen molar-refractivity contribution in [3.63, 3.8) is 0 Å². The quantitative estimate of drug-likeness (QED) is 0.698. The van der Waals surface area contributed by atoms with E-state index >= 15 is 0 Å². The largest absolute Gasteiger partial charge is 0.313 e. The topological polar surface area (TPSA) is 12.0 Å². The highest BCUT2D eigenvalue weighted by Gasteiger charge is 2.40. The molecule has 0 bridgehead atoms. The Morgan fingerprint density at radius 1 is 1.06 bits per heavy atom. The van der Waals surface area contributed by atoms with Crippen molar-refractivity contribution in [2.75, 3.05) is 12.3 Å². The second-order valence-electron chi connectivity index (χ2n) is 6.92. The molecule has 0 amide bonds. The first-order valence-corrected chi connectivity index (χ1v) is 9.23. The van der Waals surface area contributed by atoms with Gasteiger partial charge in [0.1, 0.15) is 0 Å². The first kappa shape index (κ1) is 13.3. The molecule has 0 spiro atoms. The predicted octanol–water partition coefficient (Wildman–Crippen LogP) is 4.08. The lowest BCUT2D eigenvalue weighted by molar-refractivity contribution is 0.393. The van der Waals surface area contributed by atoms with Crippen LogP contribution in [0.1, 0.15) is 58.3 Å². The van der Waals surface area contributed by atoms with Crippen molar-refractivity contribution in [2.24, 2.45) is 17.8 Å². The van der Waals surface area contributed by atoms with E-state index in [1.807, 2.05) is 0 Å². The summed E-state index contributed by atoms with van der Waals surface area (Å²) in [6, 6.07) is 0.899. The van der Waals surface area contributed by atoms with Crippen LogP contribution in [0.5, 0.6) is 0 Å². The number of hydrogen-bond acceptors (Lipinski definition) is 2. The molecule has 104 valence electrons. The van der Waals surface area contributed by atoms with Crippen molar-refractivity contribution >= 4 is 11.8 Å². The first-order chi connectivity index (χ1) is 8.83. The summed E-state index contributed by atoms with van der Waals surface area (Å²) in [5.41, 5.74) is 0. The van der Waals surface area contributed by atoms with Gasteiger partial charge in [-0.3, -0.25) is 0 Å². The summed E-state index contributed by atoms with van der Waals surface area (Å²) in [7, 11) is 0. The van der Waals surface area contributed by atoms with Crippen LogP contribution in [0.2, 0.25) is 0 Å². The molecule has 3 saturated carbocycles. The SMILES string of the molecule is CC1CCCC(SCCNC(C2CC2)C2CC2)C1. The molecule has 3 aliphatic rings. The van der Waals surface area contributed by atoms with Crippen LogP contribution in [0.25, 0.3) is 0 Å². The Kier molecular flexibility index (Phi) is 4.56. The lowest BCUT2D eigenvalue weighted by Crippen LogP contribution is -2.35. The van der Waals surface area contributed by atoms with E-state index < -0.39 is 0 Å². The first-order valence-electron chi connectivity index (χ1n) is 8.18. The molecule has 1 N–H and O–H groups in total. The van der Waals surface area contributed by atoms with Crippen molar-refractivity contribution in [1.82, 2.24) is 5.32 Å². The zero-order chi connectivity index (χ0) is 12.4. The van der Waals surface area contributed by atoms with Gasteiger partial charge in [0.15, 0.2) is 0 Å². The maximum absolute atomic E-state index is 3.87. The summed E-state index contributed by atoms with van der Waals surface area (Å²) in [5.74, 6) is 4.43. The highest BCUT2D eigenvalue weighted by Crippen LogP contribution is 2.44. The molecule has 0 aromatic carbocycles. The van der Waals surface area contributed by atoms with E-state index in [0.717, 1.165) is 29.0 Å². The average Bonchev–Trinajstić information content (AvgIpc) is 3.23. The Morgan fingerprint density at radius 3 is 2.39 bits per heavy atom. The number of nitrogens with one attached hydrogen (secondary N) is 1. The molecule has 0 saturated heterocycles. The minimum absolute atomic E-state index is 0.899. The van der Waals surface area contributed by atoms with Crippen LogP contribution in [-0.2, 0) is 0 Å². The number of thioether (sulfide) groups is 1. The molecule has 1 nitrogen and oxygen atoms in total. The van der Waals surface area contributed by atoms with Crippen LogP contribution in [0.4, 0.5) is 0 Å². The molecule has 2 atom stereocenters. The van der Waals surface area contributed by atoms with Crippen LogP contribution in [-0.4, -0.2) is 23.6 Å². The smallest absolute Gasteiger partial charge is 0.0124 e. The molecule has 2 heteroatoms. The predicted molar refractivity (Wildman–Crippen MR) is 81.1 cm³/mol. The van der Waals surface area contributed by atoms with E-state index in [2.05, 4.69) is 24.0 Å². The maximum Gasteiger partial charge on any atom is 0.0124 e. The third-order valence-corrected chi connectivity index (χ3v) is 6.32. The molecule has 3 rings (SSSR count). The zero-order valence-corrected chi connectivity index (χ0v) is 12.7. The van der Waals surface area contributed by atoms with Gasteiger partial charge in [0, 0.05) is 23.6 Å². The second kappa shape index (κ2) is 6.17. The van der Waals surface area contributed by atoms with E-state index in [0.29, 0.717) is 0 Å². The fourth-order valence-corrected chi connectivity index (χ4v) is 4.98. The van der Waals surface area contributed by atoms with E-state index in [9.17, 15) is 0 Å². The number of rotatable bonds is 7. The van der Waals surface area contributed by atoms with Gasteiger partial charge in [0.05, 0.1) is 0 Å². The summed E-state index contributed by atoms with van der Waals surface area (Å²) < 4.78 is 0. The fourth-order valence-electron chi connectivity index (χ4n) is 3.61. The average molecular weight is 267 g/mol. The van der Waals surface area contributed by atoms with Crippen LogP contribution < -0.4 is 5.32 Å². The van der Waals surface area contributed by atoms with Crippen molar-refractivity contribution < 1.29 is 0 Å². The van der Waals surface area contributed by atoms with Gasteiger partial charge < -0.3 is 5.32 Å². The monoisotopic (exact) mass is 267 g/mol. The molecule has 2 unspecified atom stereocenters. The van der Waals surface area contributed by atoms with Crippen LogP contribution in [0.15, 0.2) is 0 Å². The Labute approximate surface area is 117 Å². The molecule has 18 heavy (non-hydrogen) atoms. The lowest BCUT2D eigenvalue weighted by Gasteiger charge is -2.26. The molecule has 3 aliphatic carbocycles. The summed E-state index contributed by atoms with van der Waals surface area (Å²) in [5, 5.41) is 4.84. The van der Waals surface area contributed by atoms with Crippen LogP contribution >= 0.6 is 11.8 Å². The van der Waals surface area contributed by atoms with Gasteiger partial charge >= 0.3 is 0 Å². The highest BCUT2D eigenvalue weighted by molar-refractivity contribution is 7.99. The maximum atomic E-state index is 3.87. The van der Waals surface area contributed by atoms with E-state index in [1.54, 1.807) is 0 Å². The van der Waals surface area contributed by atoms with Gasteiger partial charge in [0.2, 0.25) is 0 Å². The summed E-state index contributed by atoms with van der Waals surface area (Å²) in [6.45, 7) is 3.69. The minimum Gasteiger partial charge on any atom is -0.313 e. The Morgan fingerprint density at radius 2 is 1.78 bits per heavy atom. The van der Waals surface area contributed by atoms with Gasteiger partial charge in [0.25, 0.3) is 0 Å². The minimum atomic E-state index is 0.899. The van der Waals surface area contributed by atoms with Crippen molar-refractivity contribution in [2.45, 2.75) is 69.6 Å². The number of hydrogen-bond donors (Lipinski definition) is 1. The third-order valence-electron chi connectivity index (χ3n) is 4.98. The third kappa shape index (κ3) is 3.90. The van der Waals surface area contributed by atoms with Crippen molar-refractivity contribution in [3.05, 3.63) is 0 Å². The van der Waals surface area contributed by atoms with Crippen LogP contribution in [0.3, 0.4) is 0 Å². The Bertz CT molecular complexity index is 248. The molecule has 0 aromatic heterocycles. The standard InChI is InChI=1S/C16H29NS/c1-12-3-2-4-15(11-12)18-10-9-17-16(13-5-6-13)14-7-8-14/h12-17H,2-11H2,1H3. The van der Waals surface area contributed by atoms with Gasteiger partial charge in [-0.25, -0.2) is 0 Å². The normalized spacial score (nSPS) is 33.0. The summed E-state index contributed by atoms with van der Waals surface area (Å²) in [4.78, 5) is 0. The zero-order valence-electron chi connectivity index (χ0n) is 11.9. The van der Waals surface area contributed by atoms with E-state index in [1.165, 1.54) is 63.7 Å². The van der Waals surface area contributed by atoms with Crippen LogP contribution in [0, 0.1) is 17.8 Å². The van der Waals surface area contributed by atoms with E-state index in [-0.39, 0.29) is 0 Å². The molecular formula is C16H29NS. The van der Waals surface area contributed by atoms with Gasteiger partial charge in [-0.15, -0.1) is 0 Å². The lowest BCUT2D eigenvalue weighted by atomic mass is 9.91. The van der Waals surface area contributed by atoms with E-state index in [4.69, 9.17) is 0 Å². The highest BCUT2D eigenvalue weighted by atomic mass is 32.2. The van der Waals surface area contributed by atoms with Gasteiger partial charge in [-0.2, -0.15) is 11.8 Å². The Balaban J connectivity index is 1.29. The summed E-state index contributed by atoms with van der Waals surface area (Å²) in [6.07, 6.45) is 11.9. The molecule has 0 radical (unpaired) electrons. The molecule has 0 heterocycles. The molecule has 0 aromatic rings. The van der Waals surface area contributed by atoms with Gasteiger partial charge in [-0.1, -0.05) is 19.8 Å². The second-order valence-corrected chi connectivity index (χ2v) is 8.33. The summed E-state index contributed by atoms with van der Waals surface area (Å²) >= 11 is 2.24. The Hall–Kier alpha value is 0.310. The molecular weight excluding hydrogens is 238 g/mol. The molecule has 3 fully saturated rings. The molecule has 0 aliphatic heterocycles. The van der Waals surface area contributed by atoms with Crippen molar-refractivity contribution in [3.8, 4) is 0 Å². The van der Waals surface area contributed by atoms with Gasteiger partial charge in [-0.05, 0) is 56.3 Å². The van der Waals surface area contributed by atoms with Crippen molar-refractivity contribution in [1.29, 1.82) is 0 Å².